The van der Waals surface area contributed by atoms with Crippen LogP contribution in [0.5, 0.6) is 0 Å². The Balaban J connectivity index is 1.87. The summed E-state index contributed by atoms with van der Waals surface area (Å²) in [6, 6.07) is 7.74. The first kappa shape index (κ1) is 18.7. The van der Waals surface area contributed by atoms with E-state index in [9.17, 15) is 15.2 Å². The number of rotatable bonds is 1. The normalized spacial score (nSPS) is 28.4. The Morgan fingerprint density at radius 1 is 1.31 bits per heavy atom. The highest BCUT2D eigenvalue weighted by molar-refractivity contribution is 5.69. The van der Waals surface area contributed by atoms with Crippen LogP contribution in [-0.2, 0) is 10.3 Å². The van der Waals surface area contributed by atoms with Gasteiger partial charge in [-0.3, -0.25) is 0 Å². The summed E-state index contributed by atoms with van der Waals surface area (Å²) >= 11 is 0. The molecule has 2 aliphatic heterocycles. The molecule has 0 aliphatic carbocycles. The maximum absolute atomic E-state index is 12.7. The number of piperidine rings is 2. The second-order valence-electron chi connectivity index (χ2n) is 8.71. The third kappa shape index (κ3) is 3.57. The van der Waals surface area contributed by atoms with E-state index < -0.39 is 11.2 Å². The van der Waals surface area contributed by atoms with Crippen LogP contribution in [0.1, 0.15) is 69.6 Å². The van der Waals surface area contributed by atoms with Gasteiger partial charge in [-0.25, -0.2) is 4.79 Å². The van der Waals surface area contributed by atoms with E-state index in [1.807, 2.05) is 44.7 Å². The molecule has 1 amide bonds. The molecule has 26 heavy (non-hydrogen) atoms. The van der Waals surface area contributed by atoms with Crippen LogP contribution >= 0.6 is 0 Å². The number of fused-ring (bicyclic) bond motifs is 2. The standard InChI is InChI=1S/C21H28N2O3/c1-14-8-9-16(10-15(14)13-22)21(25)11-17-6-5-7-18(12-21)23(17)19(24)26-20(2,3)4/h8-10,17-18,25H,5-7,11-12H2,1-4H3. The third-order valence-electron chi connectivity index (χ3n) is 5.51. The number of aliphatic hydroxyl groups is 1. The average molecular weight is 356 g/mol. The predicted octanol–water partition coefficient (Wildman–Crippen LogP) is 4.01. The molecular formula is C21H28N2O3. The highest BCUT2D eigenvalue weighted by Gasteiger charge is 2.49. The molecule has 0 saturated carbocycles. The van der Waals surface area contributed by atoms with Gasteiger partial charge in [0.15, 0.2) is 0 Å². The SMILES string of the molecule is Cc1ccc(C2(O)CC3CCCC(C2)N3C(=O)OC(C)(C)C)cc1C#N. The number of benzene rings is 1. The summed E-state index contributed by atoms with van der Waals surface area (Å²) in [5, 5.41) is 20.7. The van der Waals surface area contributed by atoms with Gasteiger partial charge in [0.05, 0.1) is 17.2 Å². The van der Waals surface area contributed by atoms with Crippen LogP contribution in [0.15, 0.2) is 18.2 Å². The Bertz CT molecular complexity index is 731. The maximum atomic E-state index is 12.7. The van der Waals surface area contributed by atoms with Crippen molar-refractivity contribution in [2.75, 3.05) is 0 Å². The summed E-state index contributed by atoms with van der Waals surface area (Å²) in [5.41, 5.74) is 0.744. The van der Waals surface area contributed by atoms with Gasteiger partial charge < -0.3 is 14.7 Å². The first-order chi connectivity index (χ1) is 12.1. The van der Waals surface area contributed by atoms with Crippen molar-refractivity contribution in [1.29, 1.82) is 5.26 Å². The van der Waals surface area contributed by atoms with Gasteiger partial charge in [-0.1, -0.05) is 12.1 Å². The van der Waals surface area contributed by atoms with Crippen molar-refractivity contribution in [1.82, 2.24) is 4.90 Å². The molecule has 1 N–H and O–H groups in total. The van der Waals surface area contributed by atoms with E-state index >= 15 is 0 Å². The zero-order valence-corrected chi connectivity index (χ0v) is 16.1. The van der Waals surface area contributed by atoms with Crippen LogP contribution in [0.4, 0.5) is 4.79 Å². The van der Waals surface area contributed by atoms with Crippen LogP contribution in [-0.4, -0.2) is 33.8 Å². The van der Waals surface area contributed by atoms with Gasteiger partial charge in [-0.2, -0.15) is 5.26 Å². The molecule has 2 atom stereocenters. The second kappa shape index (κ2) is 6.59. The van der Waals surface area contributed by atoms with Crippen LogP contribution in [0.3, 0.4) is 0 Å². The molecule has 140 valence electrons. The van der Waals surface area contributed by atoms with Gasteiger partial charge in [0.25, 0.3) is 0 Å². The summed E-state index contributed by atoms with van der Waals surface area (Å²) in [6.45, 7) is 7.51. The molecule has 2 aliphatic rings. The summed E-state index contributed by atoms with van der Waals surface area (Å²) in [4.78, 5) is 14.5. The zero-order chi connectivity index (χ0) is 19.1. The lowest BCUT2D eigenvalue weighted by molar-refractivity contribution is -0.0965. The van der Waals surface area contributed by atoms with Crippen LogP contribution in [0.2, 0.25) is 0 Å². The Labute approximate surface area is 155 Å². The number of hydrogen-bond acceptors (Lipinski definition) is 4. The van der Waals surface area contributed by atoms with Crippen molar-refractivity contribution in [2.24, 2.45) is 0 Å². The lowest BCUT2D eigenvalue weighted by Crippen LogP contribution is -2.59. The van der Waals surface area contributed by atoms with Crippen molar-refractivity contribution >= 4 is 6.09 Å². The predicted molar refractivity (Wildman–Crippen MR) is 98.5 cm³/mol. The lowest BCUT2D eigenvalue weighted by atomic mass is 9.72. The molecule has 1 aromatic carbocycles. The minimum atomic E-state index is -1.01. The molecule has 2 unspecified atom stereocenters. The number of nitrogens with zero attached hydrogens (tertiary/aromatic N) is 2. The Kier molecular flexibility index (Phi) is 4.74. The van der Waals surface area contributed by atoms with Crippen molar-refractivity contribution in [3.63, 3.8) is 0 Å². The topological polar surface area (TPSA) is 73.6 Å². The molecule has 0 aromatic heterocycles. The van der Waals surface area contributed by atoms with Crippen LogP contribution in [0, 0.1) is 18.3 Å². The zero-order valence-electron chi connectivity index (χ0n) is 16.1. The number of carbonyl (C=O) groups excluding carboxylic acids is 1. The molecule has 5 heteroatoms. The molecule has 5 nitrogen and oxygen atoms in total. The summed E-state index contributed by atoms with van der Waals surface area (Å²) in [6.07, 6.45) is 3.48. The fourth-order valence-electron chi connectivity index (χ4n) is 4.31. The fraction of sp³-hybridized carbons (Fsp3) is 0.619. The summed E-state index contributed by atoms with van der Waals surface area (Å²) in [5.74, 6) is 0. The highest BCUT2D eigenvalue weighted by atomic mass is 16.6. The van der Waals surface area contributed by atoms with Gasteiger partial charge in [-0.05, 0) is 64.2 Å². The first-order valence-electron chi connectivity index (χ1n) is 9.38. The average Bonchev–Trinajstić information content (AvgIpc) is 2.52. The van der Waals surface area contributed by atoms with E-state index in [-0.39, 0.29) is 18.2 Å². The molecule has 2 heterocycles. The van der Waals surface area contributed by atoms with E-state index in [1.54, 1.807) is 6.07 Å². The monoisotopic (exact) mass is 356 g/mol. The number of hydrogen-bond donors (Lipinski definition) is 1. The van der Waals surface area contributed by atoms with Crippen molar-refractivity contribution in [2.45, 2.75) is 83.1 Å². The molecule has 2 bridgehead atoms. The van der Waals surface area contributed by atoms with E-state index in [4.69, 9.17) is 4.74 Å². The number of nitriles is 1. The quantitative estimate of drug-likeness (QED) is 0.825. The maximum Gasteiger partial charge on any atom is 0.410 e. The van der Waals surface area contributed by atoms with Crippen LogP contribution in [0.25, 0.3) is 0 Å². The minimum absolute atomic E-state index is 0.0332. The first-order valence-corrected chi connectivity index (χ1v) is 9.38. The smallest absolute Gasteiger partial charge is 0.410 e. The number of ether oxygens (including phenoxy) is 1. The Hall–Kier alpha value is -2.06. The molecule has 2 saturated heterocycles. The van der Waals surface area contributed by atoms with Gasteiger partial charge in [0.1, 0.15) is 5.60 Å². The number of amides is 1. The molecular weight excluding hydrogens is 328 g/mol. The van der Waals surface area contributed by atoms with E-state index in [1.165, 1.54) is 0 Å². The Morgan fingerprint density at radius 3 is 2.46 bits per heavy atom. The summed E-state index contributed by atoms with van der Waals surface area (Å²) < 4.78 is 5.60. The summed E-state index contributed by atoms with van der Waals surface area (Å²) in [7, 11) is 0. The van der Waals surface area contributed by atoms with E-state index in [2.05, 4.69) is 6.07 Å². The van der Waals surface area contributed by atoms with Crippen molar-refractivity contribution in [3.05, 3.63) is 34.9 Å². The van der Waals surface area contributed by atoms with Gasteiger partial charge in [-0.15, -0.1) is 0 Å². The van der Waals surface area contributed by atoms with Crippen molar-refractivity contribution in [3.8, 4) is 6.07 Å². The fourth-order valence-corrected chi connectivity index (χ4v) is 4.31. The molecule has 3 rings (SSSR count). The van der Waals surface area contributed by atoms with Crippen molar-refractivity contribution < 1.29 is 14.6 Å². The van der Waals surface area contributed by atoms with Gasteiger partial charge in [0, 0.05) is 24.9 Å². The second-order valence-corrected chi connectivity index (χ2v) is 8.71. The van der Waals surface area contributed by atoms with Gasteiger partial charge in [0.2, 0.25) is 0 Å². The lowest BCUT2D eigenvalue weighted by Gasteiger charge is -2.52. The van der Waals surface area contributed by atoms with Gasteiger partial charge >= 0.3 is 6.09 Å². The molecule has 0 radical (unpaired) electrons. The van der Waals surface area contributed by atoms with E-state index in [0.29, 0.717) is 18.4 Å². The molecule has 0 spiro atoms. The number of aryl methyl sites for hydroxylation is 1. The molecule has 2 fully saturated rings. The largest absolute Gasteiger partial charge is 0.444 e. The molecule has 1 aromatic rings. The Morgan fingerprint density at radius 2 is 1.92 bits per heavy atom. The third-order valence-corrected chi connectivity index (χ3v) is 5.51. The minimum Gasteiger partial charge on any atom is -0.444 e. The van der Waals surface area contributed by atoms with Crippen LogP contribution < -0.4 is 0 Å². The number of carbonyl (C=O) groups is 1. The highest BCUT2D eigenvalue weighted by Crippen LogP contribution is 2.45. The van der Waals surface area contributed by atoms with E-state index in [0.717, 1.165) is 30.4 Å².